The Kier molecular flexibility index (Phi) is 2.00. The number of pyridine rings is 1. The number of aliphatic hydroxyl groups excluding tert-OH is 1. The maximum Gasteiger partial charge on any atom is 0.137 e. The van der Waals surface area contributed by atoms with Crippen LogP contribution >= 0.6 is 0 Å². The van der Waals surface area contributed by atoms with Crippen molar-refractivity contribution in [1.82, 2.24) is 9.38 Å². The largest absolute Gasteiger partial charge is 0.394 e. The lowest BCUT2D eigenvalue weighted by molar-refractivity contribution is 0.266. The van der Waals surface area contributed by atoms with E-state index in [9.17, 15) is 0 Å². The Morgan fingerprint density at radius 1 is 1.54 bits per heavy atom. The average molecular weight is 177 g/mol. The van der Waals surface area contributed by atoms with Gasteiger partial charge in [0, 0.05) is 12.4 Å². The Labute approximate surface area is 75.6 Å². The molecule has 4 heteroatoms. The summed E-state index contributed by atoms with van der Waals surface area (Å²) >= 11 is 0. The van der Waals surface area contributed by atoms with Crippen LogP contribution in [0.3, 0.4) is 0 Å². The molecule has 1 atom stereocenters. The van der Waals surface area contributed by atoms with E-state index in [1.807, 2.05) is 35.0 Å². The fourth-order valence-electron chi connectivity index (χ4n) is 1.23. The fraction of sp³-hybridized carbons (Fsp3) is 0.222. The van der Waals surface area contributed by atoms with Crippen LogP contribution in [0.1, 0.15) is 11.7 Å². The Morgan fingerprint density at radius 3 is 3.08 bits per heavy atom. The van der Waals surface area contributed by atoms with Crippen molar-refractivity contribution in [3.8, 4) is 0 Å². The minimum atomic E-state index is -0.389. The molecule has 4 nitrogen and oxygen atoms in total. The minimum Gasteiger partial charge on any atom is -0.394 e. The molecule has 0 aliphatic heterocycles. The van der Waals surface area contributed by atoms with Crippen LogP contribution in [0.4, 0.5) is 0 Å². The molecule has 0 amide bonds. The Morgan fingerprint density at radius 2 is 2.38 bits per heavy atom. The summed E-state index contributed by atoms with van der Waals surface area (Å²) in [6.45, 7) is -0.0795. The molecule has 0 saturated carbocycles. The summed E-state index contributed by atoms with van der Waals surface area (Å²) < 4.78 is 1.88. The Bertz CT molecular complexity index is 377. The highest BCUT2D eigenvalue weighted by Gasteiger charge is 2.08. The first-order valence-electron chi connectivity index (χ1n) is 4.11. The number of nitrogens with zero attached hydrogens (tertiary/aromatic N) is 2. The zero-order chi connectivity index (χ0) is 9.26. The molecular weight excluding hydrogens is 166 g/mol. The van der Waals surface area contributed by atoms with E-state index in [0.717, 1.165) is 5.65 Å². The highest BCUT2D eigenvalue weighted by molar-refractivity contribution is 5.39. The lowest BCUT2D eigenvalue weighted by Crippen LogP contribution is -2.14. The van der Waals surface area contributed by atoms with E-state index < -0.39 is 0 Å². The van der Waals surface area contributed by atoms with E-state index in [1.54, 1.807) is 0 Å². The molecule has 0 bridgehead atoms. The molecule has 2 heterocycles. The zero-order valence-electron chi connectivity index (χ0n) is 7.09. The van der Waals surface area contributed by atoms with Gasteiger partial charge in [0.2, 0.25) is 0 Å². The van der Waals surface area contributed by atoms with Gasteiger partial charge in [-0.2, -0.15) is 0 Å². The van der Waals surface area contributed by atoms with Gasteiger partial charge in [-0.15, -0.1) is 0 Å². The van der Waals surface area contributed by atoms with Gasteiger partial charge in [-0.05, 0) is 12.1 Å². The van der Waals surface area contributed by atoms with E-state index in [4.69, 9.17) is 10.8 Å². The van der Waals surface area contributed by atoms with Crippen LogP contribution in [-0.4, -0.2) is 21.1 Å². The van der Waals surface area contributed by atoms with Gasteiger partial charge in [0.25, 0.3) is 0 Å². The summed E-state index contributed by atoms with van der Waals surface area (Å²) in [6, 6.07) is 5.34. The number of aliphatic hydroxyl groups is 1. The quantitative estimate of drug-likeness (QED) is 0.694. The molecule has 0 aromatic carbocycles. The average Bonchev–Trinajstić information content (AvgIpc) is 2.59. The Balaban J connectivity index is 2.49. The van der Waals surface area contributed by atoms with Crippen LogP contribution in [0, 0.1) is 0 Å². The predicted octanol–water partition coefficient (Wildman–Crippen LogP) is 0.326. The normalized spacial score (nSPS) is 13.4. The van der Waals surface area contributed by atoms with E-state index in [2.05, 4.69) is 4.98 Å². The SMILES string of the molecule is N[C@H](CO)c1cn2ccccc2n1. The van der Waals surface area contributed by atoms with Crippen LogP contribution < -0.4 is 5.73 Å². The third-order valence-corrected chi connectivity index (χ3v) is 1.96. The van der Waals surface area contributed by atoms with Gasteiger partial charge in [0.1, 0.15) is 5.65 Å². The summed E-state index contributed by atoms with van der Waals surface area (Å²) in [6.07, 6.45) is 3.73. The van der Waals surface area contributed by atoms with Crippen molar-refractivity contribution in [2.45, 2.75) is 6.04 Å². The summed E-state index contributed by atoms with van der Waals surface area (Å²) in [5.74, 6) is 0. The molecule has 2 rings (SSSR count). The molecule has 0 fully saturated rings. The molecule has 0 spiro atoms. The van der Waals surface area contributed by atoms with Crippen molar-refractivity contribution in [2.24, 2.45) is 5.73 Å². The smallest absolute Gasteiger partial charge is 0.137 e. The van der Waals surface area contributed by atoms with Gasteiger partial charge >= 0.3 is 0 Å². The monoisotopic (exact) mass is 177 g/mol. The van der Waals surface area contributed by atoms with Crippen molar-refractivity contribution >= 4 is 5.65 Å². The predicted molar refractivity (Wildman–Crippen MR) is 49.2 cm³/mol. The van der Waals surface area contributed by atoms with Crippen molar-refractivity contribution in [1.29, 1.82) is 0 Å². The summed E-state index contributed by atoms with van der Waals surface area (Å²) in [4.78, 5) is 4.26. The number of imidazole rings is 1. The topological polar surface area (TPSA) is 63.5 Å². The summed E-state index contributed by atoms with van der Waals surface area (Å²) in [5.41, 5.74) is 7.20. The number of rotatable bonds is 2. The molecule has 0 aliphatic rings. The first kappa shape index (κ1) is 8.22. The molecule has 0 radical (unpaired) electrons. The van der Waals surface area contributed by atoms with Gasteiger partial charge in [0.15, 0.2) is 0 Å². The summed E-state index contributed by atoms with van der Waals surface area (Å²) in [5, 5.41) is 8.84. The van der Waals surface area contributed by atoms with E-state index in [1.165, 1.54) is 0 Å². The molecule has 0 aliphatic carbocycles. The van der Waals surface area contributed by atoms with Gasteiger partial charge in [0.05, 0.1) is 18.3 Å². The first-order chi connectivity index (χ1) is 6.31. The van der Waals surface area contributed by atoms with Crippen molar-refractivity contribution in [3.63, 3.8) is 0 Å². The molecule has 68 valence electrons. The number of aromatic nitrogens is 2. The third kappa shape index (κ3) is 1.41. The molecule has 13 heavy (non-hydrogen) atoms. The van der Waals surface area contributed by atoms with Crippen LogP contribution in [-0.2, 0) is 0 Å². The first-order valence-corrected chi connectivity index (χ1v) is 4.11. The second-order valence-electron chi connectivity index (χ2n) is 2.92. The molecule has 2 aromatic heterocycles. The lowest BCUT2D eigenvalue weighted by atomic mass is 10.2. The second kappa shape index (κ2) is 3.16. The van der Waals surface area contributed by atoms with Gasteiger partial charge < -0.3 is 15.2 Å². The van der Waals surface area contributed by atoms with E-state index in [0.29, 0.717) is 5.69 Å². The Hall–Kier alpha value is -1.39. The van der Waals surface area contributed by atoms with E-state index >= 15 is 0 Å². The molecule has 0 saturated heterocycles. The van der Waals surface area contributed by atoms with Crippen molar-refractivity contribution in [3.05, 3.63) is 36.3 Å². The zero-order valence-corrected chi connectivity index (χ0v) is 7.09. The maximum atomic E-state index is 8.84. The minimum absolute atomic E-state index is 0.0795. The van der Waals surface area contributed by atoms with Crippen LogP contribution in [0.5, 0.6) is 0 Å². The number of hydrogen-bond acceptors (Lipinski definition) is 3. The maximum absolute atomic E-state index is 8.84. The number of nitrogens with two attached hydrogens (primary N) is 1. The van der Waals surface area contributed by atoms with Gasteiger partial charge in [-0.3, -0.25) is 0 Å². The van der Waals surface area contributed by atoms with E-state index in [-0.39, 0.29) is 12.6 Å². The van der Waals surface area contributed by atoms with Gasteiger partial charge in [-0.1, -0.05) is 6.07 Å². The molecule has 0 unspecified atom stereocenters. The number of fused-ring (bicyclic) bond motifs is 1. The van der Waals surface area contributed by atoms with Crippen molar-refractivity contribution in [2.75, 3.05) is 6.61 Å². The third-order valence-electron chi connectivity index (χ3n) is 1.96. The standard InChI is InChI=1S/C9H11N3O/c10-7(6-13)8-5-12-4-2-1-3-9(12)11-8/h1-5,7,13H,6,10H2/t7-/m1/s1. The molecular formula is C9H11N3O. The highest BCUT2D eigenvalue weighted by atomic mass is 16.3. The van der Waals surface area contributed by atoms with Crippen molar-refractivity contribution < 1.29 is 5.11 Å². The summed E-state index contributed by atoms with van der Waals surface area (Å²) in [7, 11) is 0. The molecule has 3 N–H and O–H groups in total. The number of hydrogen-bond donors (Lipinski definition) is 2. The fourth-order valence-corrected chi connectivity index (χ4v) is 1.23. The van der Waals surface area contributed by atoms with Crippen LogP contribution in [0.15, 0.2) is 30.6 Å². The second-order valence-corrected chi connectivity index (χ2v) is 2.92. The molecule has 2 aromatic rings. The highest BCUT2D eigenvalue weighted by Crippen LogP contribution is 2.10. The van der Waals surface area contributed by atoms with Gasteiger partial charge in [-0.25, -0.2) is 4.98 Å². The van der Waals surface area contributed by atoms with Crippen LogP contribution in [0.2, 0.25) is 0 Å². The lowest BCUT2D eigenvalue weighted by Gasteiger charge is -2.00. The van der Waals surface area contributed by atoms with Crippen LogP contribution in [0.25, 0.3) is 5.65 Å².